The highest BCUT2D eigenvalue weighted by atomic mass is 16.6. The first-order valence-electron chi connectivity index (χ1n) is 6.79. The number of ether oxygens (including phenoxy) is 1. The summed E-state index contributed by atoms with van der Waals surface area (Å²) >= 11 is 0. The van der Waals surface area contributed by atoms with Crippen molar-refractivity contribution in [3.8, 4) is 24.7 Å². The van der Waals surface area contributed by atoms with Gasteiger partial charge in [-0.15, -0.1) is 12.8 Å². The number of aliphatic hydroxyl groups excluding tert-OH is 2. The maximum absolute atomic E-state index is 12.1. The van der Waals surface area contributed by atoms with E-state index < -0.39 is 23.5 Å². The van der Waals surface area contributed by atoms with Crippen molar-refractivity contribution in [1.29, 1.82) is 0 Å². The number of anilines is 1. The van der Waals surface area contributed by atoms with E-state index in [0.29, 0.717) is 0 Å². The van der Waals surface area contributed by atoms with Gasteiger partial charge in [-0.05, 0) is 5.92 Å². The monoisotopic (exact) mass is 314 g/mol. The number of nitrogens with zero attached hydrogens (tertiary/aromatic N) is 2. The summed E-state index contributed by atoms with van der Waals surface area (Å²) in [6.07, 6.45) is 10.8. The maximum atomic E-state index is 12.1. The van der Waals surface area contributed by atoms with Crippen LogP contribution < -0.4 is 11.3 Å². The van der Waals surface area contributed by atoms with Crippen LogP contribution in [-0.2, 0) is 10.5 Å². The molecule has 0 spiro atoms. The van der Waals surface area contributed by atoms with Crippen molar-refractivity contribution in [1.82, 2.24) is 14.5 Å². The molecule has 8 nitrogen and oxygen atoms in total. The van der Waals surface area contributed by atoms with E-state index >= 15 is 0 Å². The second-order valence-corrected chi connectivity index (χ2v) is 5.22. The standard InChI is InChI=1S/C15H14N4O4/c1-3-8-6-19(12-11(8)13(22)18-14(16)17-12)15(4-2)10(21)5-9(7-20)23-15/h1-2,6,9-10,20-21H,5,7H2,(H3,16,17,18,22)/t9?,10-,15?/m1/s1. The number of fused-ring (bicyclic) bond motifs is 1. The lowest BCUT2D eigenvalue weighted by Crippen LogP contribution is -2.41. The van der Waals surface area contributed by atoms with Crippen molar-refractivity contribution in [2.45, 2.75) is 24.4 Å². The fourth-order valence-electron chi connectivity index (χ4n) is 2.83. The SMILES string of the molecule is C#Cc1cn(C2(C#C)OC(CO)C[C@H]2O)c2nc(N)[nH]c(=O)c12. The third kappa shape index (κ3) is 2.01. The van der Waals surface area contributed by atoms with Crippen LogP contribution >= 0.6 is 0 Å². The molecule has 0 saturated carbocycles. The van der Waals surface area contributed by atoms with E-state index in [2.05, 4.69) is 21.8 Å². The van der Waals surface area contributed by atoms with Gasteiger partial charge in [0.2, 0.25) is 11.7 Å². The lowest BCUT2D eigenvalue weighted by Gasteiger charge is -2.28. The van der Waals surface area contributed by atoms with E-state index in [4.69, 9.17) is 23.3 Å². The molecule has 1 fully saturated rings. The molecular weight excluding hydrogens is 300 g/mol. The Labute approximate surface area is 130 Å². The van der Waals surface area contributed by atoms with Gasteiger partial charge < -0.3 is 20.7 Å². The number of aromatic nitrogens is 3. The first-order valence-corrected chi connectivity index (χ1v) is 6.79. The van der Waals surface area contributed by atoms with Crippen LogP contribution in [0.3, 0.4) is 0 Å². The Morgan fingerprint density at radius 2 is 2.35 bits per heavy atom. The minimum Gasteiger partial charge on any atom is -0.394 e. The number of aliphatic hydroxyl groups is 2. The first-order chi connectivity index (χ1) is 11.0. The molecule has 0 bridgehead atoms. The number of terminal acetylenes is 2. The number of hydrogen-bond acceptors (Lipinski definition) is 6. The van der Waals surface area contributed by atoms with Crippen LogP contribution in [0.15, 0.2) is 11.0 Å². The number of H-pyrrole nitrogens is 1. The number of nitrogens with two attached hydrogens (primary N) is 1. The Hall–Kier alpha value is -2.78. The zero-order valence-corrected chi connectivity index (χ0v) is 12.0. The van der Waals surface area contributed by atoms with E-state index in [-0.39, 0.29) is 35.6 Å². The minimum atomic E-state index is -1.63. The Bertz CT molecular complexity index is 916. The highest BCUT2D eigenvalue weighted by Gasteiger charge is 2.49. The van der Waals surface area contributed by atoms with Crippen molar-refractivity contribution in [3.05, 3.63) is 22.1 Å². The smallest absolute Gasteiger partial charge is 0.263 e. The molecule has 0 aliphatic carbocycles. The molecule has 2 unspecified atom stereocenters. The molecule has 3 heterocycles. The molecule has 1 saturated heterocycles. The lowest BCUT2D eigenvalue weighted by molar-refractivity contribution is -0.102. The van der Waals surface area contributed by atoms with Gasteiger partial charge in [-0.1, -0.05) is 5.92 Å². The molecule has 5 N–H and O–H groups in total. The number of aromatic amines is 1. The van der Waals surface area contributed by atoms with Crippen LogP contribution in [0, 0.1) is 24.7 Å². The van der Waals surface area contributed by atoms with E-state index in [9.17, 15) is 15.0 Å². The summed E-state index contributed by atoms with van der Waals surface area (Å²) < 4.78 is 6.98. The largest absolute Gasteiger partial charge is 0.394 e. The highest BCUT2D eigenvalue weighted by Crippen LogP contribution is 2.37. The lowest BCUT2D eigenvalue weighted by atomic mass is 10.1. The van der Waals surface area contributed by atoms with Gasteiger partial charge in [0.1, 0.15) is 6.10 Å². The molecule has 23 heavy (non-hydrogen) atoms. The Balaban J connectivity index is 2.35. The maximum Gasteiger partial charge on any atom is 0.263 e. The summed E-state index contributed by atoms with van der Waals surface area (Å²) in [5.74, 6) is 4.65. The van der Waals surface area contributed by atoms with Gasteiger partial charge in [-0.25, -0.2) is 0 Å². The molecule has 3 rings (SSSR count). The van der Waals surface area contributed by atoms with Gasteiger partial charge in [0.05, 0.1) is 23.7 Å². The average molecular weight is 314 g/mol. The number of rotatable bonds is 2. The van der Waals surface area contributed by atoms with Gasteiger partial charge in [-0.3, -0.25) is 14.3 Å². The summed E-state index contributed by atoms with van der Waals surface area (Å²) in [4.78, 5) is 18.6. The summed E-state index contributed by atoms with van der Waals surface area (Å²) in [5, 5.41) is 19.8. The van der Waals surface area contributed by atoms with E-state index in [1.165, 1.54) is 10.8 Å². The van der Waals surface area contributed by atoms with Gasteiger partial charge in [-0.2, -0.15) is 4.98 Å². The van der Waals surface area contributed by atoms with E-state index in [0.717, 1.165) is 0 Å². The minimum absolute atomic E-state index is 0.106. The fourth-order valence-corrected chi connectivity index (χ4v) is 2.83. The van der Waals surface area contributed by atoms with Crippen molar-refractivity contribution in [3.63, 3.8) is 0 Å². The van der Waals surface area contributed by atoms with Gasteiger partial charge >= 0.3 is 0 Å². The van der Waals surface area contributed by atoms with Crippen LogP contribution in [0.25, 0.3) is 11.0 Å². The fraction of sp³-hybridized carbons (Fsp3) is 0.333. The molecule has 0 aromatic carbocycles. The predicted octanol–water partition coefficient (Wildman–Crippen LogP) is -1.28. The summed E-state index contributed by atoms with van der Waals surface area (Å²) in [6, 6.07) is 0. The molecule has 0 radical (unpaired) electrons. The molecule has 118 valence electrons. The van der Waals surface area contributed by atoms with Gasteiger partial charge in [0, 0.05) is 12.6 Å². The number of nitrogen functional groups attached to an aromatic ring is 1. The van der Waals surface area contributed by atoms with Crippen LogP contribution in [-0.4, -0.2) is 43.6 Å². The summed E-state index contributed by atoms with van der Waals surface area (Å²) in [7, 11) is 0. The predicted molar refractivity (Wildman–Crippen MR) is 82.1 cm³/mol. The second-order valence-electron chi connectivity index (χ2n) is 5.22. The third-order valence-electron chi connectivity index (χ3n) is 3.88. The Morgan fingerprint density at radius 3 is 2.91 bits per heavy atom. The molecule has 2 aromatic rings. The molecular formula is C15H14N4O4. The summed E-state index contributed by atoms with van der Waals surface area (Å²) in [5.41, 5.74) is 3.79. The molecule has 1 aliphatic rings. The molecule has 3 atom stereocenters. The van der Waals surface area contributed by atoms with Crippen molar-refractivity contribution >= 4 is 17.0 Å². The molecule has 2 aromatic heterocycles. The van der Waals surface area contributed by atoms with Crippen molar-refractivity contribution < 1.29 is 14.9 Å². The zero-order valence-electron chi connectivity index (χ0n) is 12.0. The van der Waals surface area contributed by atoms with Crippen LogP contribution in [0.1, 0.15) is 12.0 Å². The van der Waals surface area contributed by atoms with Gasteiger partial charge in [0.15, 0.2) is 5.65 Å². The average Bonchev–Trinajstić information content (AvgIpc) is 3.05. The van der Waals surface area contributed by atoms with Gasteiger partial charge in [0.25, 0.3) is 5.56 Å². The Morgan fingerprint density at radius 1 is 1.61 bits per heavy atom. The summed E-state index contributed by atoms with van der Waals surface area (Å²) in [6.45, 7) is -0.308. The van der Waals surface area contributed by atoms with E-state index in [1.807, 2.05) is 0 Å². The van der Waals surface area contributed by atoms with Crippen molar-refractivity contribution in [2.75, 3.05) is 12.3 Å². The topological polar surface area (TPSA) is 126 Å². The van der Waals surface area contributed by atoms with Crippen LogP contribution in [0.2, 0.25) is 0 Å². The second kappa shape index (κ2) is 5.14. The quantitative estimate of drug-likeness (QED) is 0.511. The first kappa shape index (κ1) is 15.1. The van der Waals surface area contributed by atoms with Crippen LogP contribution in [0.4, 0.5) is 5.95 Å². The number of nitrogens with one attached hydrogen (secondary N) is 1. The normalized spacial score (nSPS) is 27.0. The third-order valence-corrected chi connectivity index (χ3v) is 3.88. The molecule has 0 amide bonds. The Kier molecular flexibility index (Phi) is 3.38. The number of hydrogen-bond donors (Lipinski definition) is 4. The van der Waals surface area contributed by atoms with E-state index in [1.54, 1.807) is 0 Å². The van der Waals surface area contributed by atoms with Crippen molar-refractivity contribution in [2.24, 2.45) is 0 Å². The zero-order chi connectivity index (χ0) is 16.8. The van der Waals surface area contributed by atoms with Crippen LogP contribution in [0.5, 0.6) is 0 Å². The molecule has 1 aliphatic heterocycles. The highest BCUT2D eigenvalue weighted by molar-refractivity contribution is 5.84. The molecule has 8 heteroatoms.